The van der Waals surface area contributed by atoms with E-state index in [4.69, 9.17) is 23.1 Å². The lowest BCUT2D eigenvalue weighted by molar-refractivity contribution is 0.484. The van der Waals surface area contributed by atoms with Crippen LogP contribution in [-0.2, 0) is 6.54 Å². The number of halogens is 1. The molecule has 0 aliphatic carbocycles. The highest BCUT2D eigenvalue weighted by molar-refractivity contribution is 7.19. The van der Waals surface area contributed by atoms with E-state index in [1.807, 2.05) is 28.9 Å². The zero-order valence-electron chi connectivity index (χ0n) is 14.2. The molecule has 3 rings (SSSR count). The lowest BCUT2D eigenvalue weighted by Gasteiger charge is -2.05. The molecule has 0 amide bonds. The monoisotopic (exact) mass is 370 g/mol. The summed E-state index contributed by atoms with van der Waals surface area (Å²) >= 11 is 7.66. The molecule has 1 N–H and O–H groups in total. The van der Waals surface area contributed by atoms with E-state index in [1.165, 1.54) is 11.3 Å². The van der Waals surface area contributed by atoms with Crippen molar-refractivity contribution in [3.63, 3.8) is 0 Å². The molecule has 3 aromatic heterocycles. The van der Waals surface area contributed by atoms with E-state index in [-0.39, 0.29) is 0 Å². The van der Waals surface area contributed by atoms with Gasteiger partial charge in [-0.3, -0.25) is 4.68 Å². The van der Waals surface area contributed by atoms with Crippen molar-refractivity contribution >= 4 is 28.8 Å². The standard InChI is InChI=1S/C19H19ClN4S/c1-4-8-21-18-10-14(7-9-22-18)15-12-24(11-13(2)3)23-19(15)16-5-6-17(20)25-16/h1,5-7,9-10,12-13H,8,11H2,2-3H3,(H,21,22). The first-order chi connectivity index (χ1) is 12.1. The van der Waals surface area contributed by atoms with E-state index >= 15 is 0 Å². The van der Waals surface area contributed by atoms with Gasteiger partial charge < -0.3 is 5.32 Å². The summed E-state index contributed by atoms with van der Waals surface area (Å²) in [6.45, 7) is 5.66. The van der Waals surface area contributed by atoms with Gasteiger partial charge in [0, 0.05) is 24.5 Å². The van der Waals surface area contributed by atoms with Crippen molar-refractivity contribution in [2.24, 2.45) is 5.92 Å². The number of aromatic nitrogens is 3. The highest BCUT2D eigenvalue weighted by atomic mass is 35.5. The number of nitrogens with one attached hydrogen (secondary N) is 1. The lowest BCUT2D eigenvalue weighted by atomic mass is 10.1. The Balaban J connectivity index is 2.05. The number of terminal acetylenes is 1. The molecule has 3 aromatic rings. The van der Waals surface area contributed by atoms with Crippen molar-refractivity contribution in [1.29, 1.82) is 0 Å². The fourth-order valence-electron chi connectivity index (χ4n) is 2.56. The van der Waals surface area contributed by atoms with Crippen LogP contribution in [0.5, 0.6) is 0 Å². The van der Waals surface area contributed by atoms with Crippen LogP contribution in [0.2, 0.25) is 4.34 Å². The fourth-order valence-corrected chi connectivity index (χ4v) is 3.60. The first-order valence-corrected chi connectivity index (χ1v) is 9.23. The molecule has 0 spiro atoms. The number of hydrogen-bond donors (Lipinski definition) is 1. The summed E-state index contributed by atoms with van der Waals surface area (Å²) in [7, 11) is 0. The third kappa shape index (κ3) is 4.22. The summed E-state index contributed by atoms with van der Waals surface area (Å²) < 4.78 is 2.75. The largest absolute Gasteiger partial charge is 0.359 e. The van der Waals surface area contributed by atoms with Crippen LogP contribution in [0.3, 0.4) is 0 Å². The van der Waals surface area contributed by atoms with Crippen LogP contribution in [0.4, 0.5) is 5.82 Å². The van der Waals surface area contributed by atoms with Crippen LogP contribution in [0, 0.1) is 18.3 Å². The lowest BCUT2D eigenvalue weighted by Crippen LogP contribution is -2.04. The Morgan fingerprint density at radius 2 is 2.20 bits per heavy atom. The molecule has 0 radical (unpaired) electrons. The fraction of sp³-hybridized carbons (Fsp3) is 0.263. The van der Waals surface area contributed by atoms with Crippen molar-refractivity contribution in [1.82, 2.24) is 14.8 Å². The SMILES string of the molecule is C#CCNc1cc(-c2cn(CC(C)C)nc2-c2ccc(Cl)s2)ccn1. The molecular formula is C19H19ClN4S. The summed E-state index contributed by atoms with van der Waals surface area (Å²) in [5.74, 6) is 3.82. The van der Waals surface area contributed by atoms with Gasteiger partial charge in [0.25, 0.3) is 0 Å². The minimum Gasteiger partial charge on any atom is -0.359 e. The van der Waals surface area contributed by atoms with E-state index in [9.17, 15) is 0 Å². The molecule has 0 atom stereocenters. The Morgan fingerprint density at radius 3 is 2.88 bits per heavy atom. The molecule has 0 aliphatic heterocycles. The minimum atomic E-state index is 0.441. The predicted molar refractivity (Wildman–Crippen MR) is 106 cm³/mol. The number of anilines is 1. The normalized spacial score (nSPS) is 10.8. The Bertz CT molecular complexity index is 904. The molecule has 128 valence electrons. The van der Waals surface area contributed by atoms with Gasteiger partial charge in [0.1, 0.15) is 11.5 Å². The Kier molecular flexibility index (Phi) is 5.42. The van der Waals surface area contributed by atoms with E-state index in [0.29, 0.717) is 12.5 Å². The van der Waals surface area contributed by atoms with Gasteiger partial charge in [-0.1, -0.05) is 31.4 Å². The molecule has 0 saturated carbocycles. The zero-order chi connectivity index (χ0) is 17.8. The maximum Gasteiger partial charge on any atom is 0.127 e. The van der Waals surface area contributed by atoms with E-state index in [0.717, 1.165) is 38.4 Å². The highest BCUT2D eigenvalue weighted by Gasteiger charge is 2.16. The van der Waals surface area contributed by atoms with Crippen molar-refractivity contribution in [3.05, 3.63) is 41.0 Å². The third-order valence-electron chi connectivity index (χ3n) is 3.56. The van der Waals surface area contributed by atoms with Gasteiger partial charge in [0.2, 0.25) is 0 Å². The van der Waals surface area contributed by atoms with Gasteiger partial charge in [0.05, 0.1) is 15.8 Å². The summed E-state index contributed by atoms with van der Waals surface area (Å²) in [5.41, 5.74) is 3.04. The van der Waals surface area contributed by atoms with Crippen LogP contribution < -0.4 is 5.32 Å². The maximum atomic E-state index is 6.13. The molecule has 0 fully saturated rings. The molecular weight excluding hydrogens is 352 g/mol. The first-order valence-electron chi connectivity index (χ1n) is 8.03. The quantitative estimate of drug-likeness (QED) is 0.619. The first kappa shape index (κ1) is 17.5. The molecule has 0 aromatic carbocycles. The highest BCUT2D eigenvalue weighted by Crippen LogP contribution is 2.37. The van der Waals surface area contributed by atoms with Crippen LogP contribution in [0.15, 0.2) is 36.7 Å². The summed E-state index contributed by atoms with van der Waals surface area (Å²) in [6, 6.07) is 7.89. The van der Waals surface area contributed by atoms with Crippen molar-refractivity contribution in [2.45, 2.75) is 20.4 Å². The molecule has 6 heteroatoms. The maximum absolute atomic E-state index is 6.13. The Hall–Kier alpha value is -2.29. The minimum absolute atomic E-state index is 0.441. The van der Waals surface area contributed by atoms with E-state index in [1.54, 1.807) is 6.20 Å². The van der Waals surface area contributed by atoms with Gasteiger partial charge in [0.15, 0.2) is 0 Å². The molecule has 3 heterocycles. The van der Waals surface area contributed by atoms with Gasteiger partial charge in [-0.2, -0.15) is 5.10 Å². The van der Waals surface area contributed by atoms with Crippen LogP contribution in [0.1, 0.15) is 13.8 Å². The second-order valence-corrected chi connectivity index (χ2v) is 7.81. The average molecular weight is 371 g/mol. The van der Waals surface area contributed by atoms with Gasteiger partial charge in [-0.25, -0.2) is 4.98 Å². The van der Waals surface area contributed by atoms with Gasteiger partial charge in [-0.05, 0) is 35.7 Å². The van der Waals surface area contributed by atoms with E-state index < -0.39 is 0 Å². The Labute approximate surface area is 156 Å². The summed E-state index contributed by atoms with van der Waals surface area (Å²) in [4.78, 5) is 5.36. The molecule has 4 nitrogen and oxygen atoms in total. The topological polar surface area (TPSA) is 42.7 Å². The van der Waals surface area contributed by atoms with Gasteiger partial charge >= 0.3 is 0 Å². The summed E-state index contributed by atoms with van der Waals surface area (Å²) in [6.07, 6.45) is 9.18. The predicted octanol–water partition coefficient (Wildman–Crippen LogP) is 5.03. The third-order valence-corrected chi connectivity index (χ3v) is 4.80. The van der Waals surface area contributed by atoms with E-state index in [2.05, 4.69) is 36.3 Å². The van der Waals surface area contributed by atoms with Crippen molar-refractivity contribution in [2.75, 3.05) is 11.9 Å². The second-order valence-electron chi connectivity index (χ2n) is 6.10. The zero-order valence-corrected chi connectivity index (χ0v) is 15.7. The molecule has 0 unspecified atom stereocenters. The number of thiophene rings is 1. The number of rotatable bonds is 6. The average Bonchev–Trinajstić information content (AvgIpc) is 3.19. The number of hydrogen-bond acceptors (Lipinski definition) is 4. The van der Waals surface area contributed by atoms with Crippen molar-refractivity contribution in [3.8, 4) is 34.0 Å². The molecule has 0 bridgehead atoms. The second kappa shape index (κ2) is 7.73. The number of pyridine rings is 1. The molecule has 0 aliphatic rings. The smallest absolute Gasteiger partial charge is 0.127 e. The molecule has 0 saturated heterocycles. The van der Waals surface area contributed by atoms with Crippen LogP contribution in [-0.4, -0.2) is 21.3 Å². The summed E-state index contributed by atoms with van der Waals surface area (Å²) in [5, 5.41) is 7.91. The molecule has 25 heavy (non-hydrogen) atoms. The van der Waals surface area contributed by atoms with Crippen LogP contribution in [0.25, 0.3) is 21.7 Å². The van der Waals surface area contributed by atoms with Crippen molar-refractivity contribution < 1.29 is 0 Å². The Morgan fingerprint density at radius 1 is 1.36 bits per heavy atom. The number of nitrogens with zero attached hydrogens (tertiary/aromatic N) is 3. The van der Waals surface area contributed by atoms with Gasteiger partial charge in [-0.15, -0.1) is 17.8 Å². The van der Waals surface area contributed by atoms with Crippen LogP contribution >= 0.6 is 22.9 Å².